The first-order valence-electron chi connectivity index (χ1n) is 11.8. The zero-order valence-corrected chi connectivity index (χ0v) is 23.8. The maximum atomic E-state index is 13.7. The molecule has 2 aromatic carbocycles. The quantitative estimate of drug-likeness (QED) is 0.163. The summed E-state index contributed by atoms with van der Waals surface area (Å²) >= 11 is 8.32. The lowest BCUT2D eigenvalue weighted by Gasteiger charge is -2.14. The molecule has 8 nitrogen and oxygen atoms in total. The molecule has 0 fully saturated rings. The summed E-state index contributed by atoms with van der Waals surface area (Å²) in [6.45, 7) is 3.92. The van der Waals surface area contributed by atoms with Crippen molar-refractivity contribution in [1.82, 2.24) is 9.55 Å². The molecular weight excluding hydrogens is 544 g/mol. The fraction of sp³-hybridized carbons (Fsp3) is 0.259. The Kier molecular flexibility index (Phi) is 8.76. The standard InChI is InChI=1S/C27H27ClN4O4S2/c1-5-36-26(35)23-16(2)22-24(38-23)30-27(32(25(22)34)14-17-6-8-18(28)9-7-17)37-15-21(33)29-19-10-12-20(13-11-19)31(3)4/h6-13H,5,14-15H2,1-4H3,(H,29,33). The third-order valence-corrected chi connectivity index (χ3v) is 8.12. The van der Waals surface area contributed by atoms with Crippen molar-refractivity contribution in [3.05, 3.63) is 79.9 Å². The van der Waals surface area contributed by atoms with E-state index in [9.17, 15) is 14.4 Å². The Labute approximate surface area is 233 Å². The molecule has 0 aliphatic rings. The maximum absolute atomic E-state index is 13.7. The fourth-order valence-corrected chi connectivity index (χ4v) is 5.82. The van der Waals surface area contributed by atoms with Gasteiger partial charge in [-0.25, -0.2) is 9.78 Å². The molecule has 4 aromatic rings. The van der Waals surface area contributed by atoms with E-state index in [2.05, 4.69) is 5.32 Å². The molecule has 0 aliphatic carbocycles. The minimum absolute atomic E-state index is 0.0447. The van der Waals surface area contributed by atoms with Crippen molar-refractivity contribution in [2.45, 2.75) is 25.5 Å². The van der Waals surface area contributed by atoms with Gasteiger partial charge in [0.2, 0.25) is 5.91 Å². The summed E-state index contributed by atoms with van der Waals surface area (Å²) in [7, 11) is 3.89. The van der Waals surface area contributed by atoms with Crippen LogP contribution in [0.1, 0.15) is 27.7 Å². The van der Waals surface area contributed by atoms with E-state index in [4.69, 9.17) is 21.3 Å². The second kappa shape index (κ2) is 12.0. The van der Waals surface area contributed by atoms with Gasteiger partial charge < -0.3 is 15.0 Å². The largest absolute Gasteiger partial charge is 0.462 e. The second-order valence-corrected chi connectivity index (χ2v) is 11.0. The molecular formula is C27H27ClN4O4S2. The third kappa shape index (κ3) is 6.20. The lowest BCUT2D eigenvalue weighted by atomic mass is 10.2. The number of aromatic nitrogens is 2. The van der Waals surface area contributed by atoms with Gasteiger partial charge >= 0.3 is 5.97 Å². The van der Waals surface area contributed by atoms with E-state index in [0.717, 1.165) is 34.3 Å². The Morgan fingerprint density at radius 2 is 1.82 bits per heavy atom. The van der Waals surface area contributed by atoms with Crippen LogP contribution in [0.3, 0.4) is 0 Å². The molecule has 38 heavy (non-hydrogen) atoms. The minimum atomic E-state index is -0.481. The van der Waals surface area contributed by atoms with Crippen molar-refractivity contribution in [2.24, 2.45) is 0 Å². The summed E-state index contributed by atoms with van der Waals surface area (Å²) in [6.07, 6.45) is 0. The number of halogens is 1. The fourth-order valence-electron chi connectivity index (χ4n) is 3.78. The van der Waals surface area contributed by atoms with Crippen LogP contribution >= 0.6 is 34.7 Å². The first-order chi connectivity index (χ1) is 18.2. The number of carbonyl (C=O) groups excluding carboxylic acids is 2. The average molecular weight is 571 g/mol. The van der Waals surface area contributed by atoms with E-state index in [1.54, 1.807) is 26.0 Å². The topological polar surface area (TPSA) is 93.5 Å². The number of nitrogens with one attached hydrogen (secondary N) is 1. The molecule has 198 valence electrons. The van der Waals surface area contributed by atoms with Gasteiger partial charge in [-0.3, -0.25) is 14.2 Å². The SMILES string of the molecule is CCOC(=O)c1sc2nc(SCC(=O)Nc3ccc(N(C)C)cc3)n(Cc3ccc(Cl)cc3)c(=O)c2c1C. The van der Waals surface area contributed by atoms with Crippen molar-refractivity contribution >= 4 is 68.2 Å². The van der Waals surface area contributed by atoms with E-state index in [-0.39, 0.29) is 30.4 Å². The number of fused-ring (bicyclic) bond motifs is 1. The van der Waals surface area contributed by atoms with Gasteiger partial charge in [-0.2, -0.15) is 0 Å². The van der Waals surface area contributed by atoms with Crippen LogP contribution in [0.25, 0.3) is 10.2 Å². The van der Waals surface area contributed by atoms with E-state index >= 15 is 0 Å². The number of aryl methyl sites for hydroxylation is 1. The number of ether oxygens (including phenoxy) is 1. The van der Waals surface area contributed by atoms with E-state index in [1.807, 2.05) is 55.4 Å². The number of amides is 1. The van der Waals surface area contributed by atoms with Crippen molar-refractivity contribution in [1.29, 1.82) is 0 Å². The second-order valence-electron chi connectivity index (χ2n) is 8.65. The number of anilines is 2. The molecule has 0 saturated heterocycles. The summed E-state index contributed by atoms with van der Waals surface area (Å²) in [4.78, 5) is 46.4. The normalized spacial score (nSPS) is 11.0. The van der Waals surface area contributed by atoms with Gasteiger partial charge in [0.15, 0.2) is 5.16 Å². The third-order valence-electron chi connectivity index (χ3n) is 5.73. The highest BCUT2D eigenvalue weighted by Gasteiger charge is 2.23. The number of rotatable bonds is 9. The molecule has 2 heterocycles. The monoisotopic (exact) mass is 570 g/mol. The van der Waals surface area contributed by atoms with Crippen LogP contribution in [-0.2, 0) is 16.1 Å². The van der Waals surface area contributed by atoms with Gasteiger partial charge in [0, 0.05) is 30.5 Å². The number of thioether (sulfide) groups is 1. The van der Waals surface area contributed by atoms with Crippen LogP contribution in [0, 0.1) is 6.92 Å². The van der Waals surface area contributed by atoms with Crippen LogP contribution < -0.4 is 15.8 Å². The molecule has 0 bridgehead atoms. The number of nitrogens with zero attached hydrogens (tertiary/aromatic N) is 3. The van der Waals surface area contributed by atoms with Gasteiger partial charge in [0.1, 0.15) is 9.71 Å². The van der Waals surface area contributed by atoms with Gasteiger partial charge in [0.25, 0.3) is 5.56 Å². The molecule has 1 N–H and O–H groups in total. The number of esters is 1. The summed E-state index contributed by atoms with van der Waals surface area (Å²) in [5.41, 5.74) is 2.81. The van der Waals surface area contributed by atoms with Gasteiger partial charge in [-0.05, 0) is 61.4 Å². The zero-order valence-electron chi connectivity index (χ0n) is 21.4. The summed E-state index contributed by atoms with van der Waals surface area (Å²) in [6, 6.07) is 14.7. The smallest absolute Gasteiger partial charge is 0.348 e. The van der Waals surface area contributed by atoms with Gasteiger partial charge in [-0.15, -0.1) is 11.3 Å². The van der Waals surface area contributed by atoms with E-state index in [1.165, 1.54) is 4.57 Å². The highest BCUT2D eigenvalue weighted by molar-refractivity contribution is 7.99. The van der Waals surface area contributed by atoms with Crippen LogP contribution in [0.15, 0.2) is 58.5 Å². The Morgan fingerprint density at radius 3 is 2.45 bits per heavy atom. The zero-order chi connectivity index (χ0) is 27.4. The average Bonchev–Trinajstić information content (AvgIpc) is 3.22. The first-order valence-corrected chi connectivity index (χ1v) is 14.0. The van der Waals surface area contributed by atoms with Crippen molar-refractivity contribution in [3.8, 4) is 0 Å². The summed E-state index contributed by atoms with van der Waals surface area (Å²) in [5, 5.41) is 4.23. The molecule has 2 aromatic heterocycles. The number of hydrogen-bond acceptors (Lipinski definition) is 8. The van der Waals surface area contributed by atoms with E-state index in [0.29, 0.717) is 36.5 Å². The maximum Gasteiger partial charge on any atom is 0.348 e. The Bertz CT molecular complexity index is 1530. The number of hydrogen-bond donors (Lipinski definition) is 1. The highest BCUT2D eigenvalue weighted by atomic mass is 35.5. The van der Waals surface area contributed by atoms with Crippen molar-refractivity contribution in [3.63, 3.8) is 0 Å². The lowest BCUT2D eigenvalue weighted by molar-refractivity contribution is -0.113. The molecule has 4 rings (SSSR count). The summed E-state index contributed by atoms with van der Waals surface area (Å²) in [5.74, 6) is -0.664. The Morgan fingerprint density at radius 1 is 1.13 bits per heavy atom. The molecule has 0 unspecified atom stereocenters. The lowest BCUT2D eigenvalue weighted by Crippen LogP contribution is -2.25. The highest BCUT2D eigenvalue weighted by Crippen LogP contribution is 2.30. The number of carbonyl (C=O) groups is 2. The molecule has 0 radical (unpaired) electrons. The molecule has 1 amide bonds. The predicted molar refractivity (Wildman–Crippen MR) is 155 cm³/mol. The minimum Gasteiger partial charge on any atom is -0.462 e. The van der Waals surface area contributed by atoms with Crippen LogP contribution in [-0.4, -0.2) is 47.9 Å². The van der Waals surface area contributed by atoms with E-state index < -0.39 is 5.97 Å². The first kappa shape index (κ1) is 27.7. The van der Waals surface area contributed by atoms with Crippen molar-refractivity contribution in [2.75, 3.05) is 36.7 Å². The van der Waals surface area contributed by atoms with Gasteiger partial charge in [-0.1, -0.05) is 35.5 Å². The van der Waals surface area contributed by atoms with Crippen molar-refractivity contribution < 1.29 is 14.3 Å². The number of benzene rings is 2. The molecule has 0 spiro atoms. The van der Waals surface area contributed by atoms with Crippen LogP contribution in [0.5, 0.6) is 0 Å². The van der Waals surface area contributed by atoms with Crippen LogP contribution in [0.2, 0.25) is 5.02 Å². The predicted octanol–water partition coefficient (Wildman–Crippen LogP) is 5.44. The Balaban J connectivity index is 1.65. The molecule has 0 aliphatic heterocycles. The molecule has 11 heteroatoms. The van der Waals surface area contributed by atoms with Crippen LogP contribution in [0.4, 0.5) is 11.4 Å². The molecule has 0 atom stereocenters. The Hall–Kier alpha value is -3.34. The number of thiophene rings is 1. The van der Waals surface area contributed by atoms with Gasteiger partial charge in [0.05, 0.1) is 24.3 Å². The summed E-state index contributed by atoms with van der Waals surface area (Å²) < 4.78 is 6.69. The molecule has 0 saturated carbocycles.